The molecule has 2 aliphatic rings. The summed E-state index contributed by atoms with van der Waals surface area (Å²) in [7, 11) is 2.20. The van der Waals surface area contributed by atoms with Crippen LogP contribution in [0.1, 0.15) is 19.4 Å². The molecular weight excluding hydrogens is 342 g/mol. The minimum atomic E-state index is -0.481. The van der Waals surface area contributed by atoms with Gasteiger partial charge < -0.3 is 14.6 Å². The first-order chi connectivity index (χ1) is 12.9. The largest absolute Gasteiger partial charge is 0.491 e. The Balaban J connectivity index is 1.47. The van der Waals surface area contributed by atoms with Gasteiger partial charge in [-0.3, -0.25) is 14.7 Å². The Kier molecular flexibility index (Phi) is 7.11. The maximum Gasteiger partial charge on any atom is 0.119 e. The average molecular weight is 378 g/mol. The highest BCUT2D eigenvalue weighted by Gasteiger charge is 2.30. The molecule has 1 N–H and O–H groups in total. The Labute approximate surface area is 163 Å². The molecule has 0 aliphatic carbocycles. The van der Waals surface area contributed by atoms with Crippen LogP contribution in [0.3, 0.4) is 0 Å². The summed E-state index contributed by atoms with van der Waals surface area (Å²) >= 11 is 0. The normalized spacial score (nSPS) is 23.3. The summed E-state index contributed by atoms with van der Waals surface area (Å²) in [5.74, 6) is 0.835. The topological polar surface area (TPSA) is 48.4 Å². The molecule has 0 aromatic heterocycles. The third-order valence-corrected chi connectivity index (χ3v) is 5.72. The zero-order valence-electron chi connectivity index (χ0n) is 17.1. The maximum absolute atomic E-state index is 10.3. The highest BCUT2D eigenvalue weighted by Crippen LogP contribution is 2.22. The van der Waals surface area contributed by atoms with Crippen molar-refractivity contribution >= 4 is 0 Å². The van der Waals surface area contributed by atoms with Gasteiger partial charge in [-0.25, -0.2) is 0 Å². The first kappa shape index (κ1) is 20.6. The van der Waals surface area contributed by atoms with Gasteiger partial charge in [0.25, 0.3) is 0 Å². The monoisotopic (exact) mass is 377 g/mol. The third-order valence-electron chi connectivity index (χ3n) is 5.72. The summed E-state index contributed by atoms with van der Waals surface area (Å²) in [4.78, 5) is 7.16. The number of piperazine rings is 1. The van der Waals surface area contributed by atoms with E-state index in [-0.39, 0.29) is 5.54 Å². The van der Waals surface area contributed by atoms with Crippen LogP contribution in [0.25, 0.3) is 0 Å². The van der Waals surface area contributed by atoms with Crippen LogP contribution < -0.4 is 4.74 Å². The van der Waals surface area contributed by atoms with E-state index in [1.807, 2.05) is 12.1 Å². The Hall–Kier alpha value is -1.18. The Morgan fingerprint density at radius 1 is 1.15 bits per heavy atom. The summed E-state index contributed by atoms with van der Waals surface area (Å²) in [5, 5.41) is 10.3. The van der Waals surface area contributed by atoms with Gasteiger partial charge in [0.15, 0.2) is 0 Å². The second-order valence-electron chi connectivity index (χ2n) is 8.47. The van der Waals surface area contributed by atoms with E-state index in [0.717, 1.165) is 58.2 Å². The SMILES string of the molecule is CN1CCN(Cc2cccc(OC[C@@H](O)CN3CCOCC3)c2)CC1(C)C. The molecule has 1 aromatic carbocycles. The Morgan fingerprint density at radius 2 is 1.93 bits per heavy atom. The van der Waals surface area contributed by atoms with Crippen LogP contribution >= 0.6 is 0 Å². The molecule has 0 spiro atoms. The molecule has 0 radical (unpaired) electrons. The lowest BCUT2D eigenvalue weighted by atomic mass is 9.99. The van der Waals surface area contributed by atoms with Gasteiger partial charge >= 0.3 is 0 Å². The number of hydrogen-bond acceptors (Lipinski definition) is 6. The van der Waals surface area contributed by atoms with E-state index >= 15 is 0 Å². The predicted octanol–water partition coefficient (Wildman–Crippen LogP) is 1.28. The van der Waals surface area contributed by atoms with E-state index in [4.69, 9.17) is 9.47 Å². The summed E-state index contributed by atoms with van der Waals surface area (Å²) in [6.45, 7) is 13.0. The molecule has 2 saturated heterocycles. The van der Waals surface area contributed by atoms with E-state index in [9.17, 15) is 5.11 Å². The van der Waals surface area contributed by atoms with Crippen molar-refractivity contribution < 1.29 is 14.6 Å². The van der Waals surface area contributed by atoms with Crippen molar-refractivity contribution in [2.45, 2.75) is 32.0 Å². The molecule has 0 amide bonds. The molecule has 2 fully saturated rings. The van der Waals surface area contributed by atoms with Gasteiger partial charge in [-0.2, -0.15) is 0 Å². The van der Waals surface area contributed by atoms with Crippen molar-refractivity contribution in [3.05, 3.63) is 29.8 Å². The highest BCUT2D eigenvalue weighted by molar-refractivity contribution is 5.28. The molecule has 6 nitrogen and oxygen atoms in total. The second kappa shape index (κ2) is 9.34. The fourth-order valence-corrected chi connectivity index (χ4v) is 3.79. The number of aliphatic hydroxyl groups excluding tert-OH is 1. The second-order valence-corrected chi connectivity index (χ2v) is 8.47. The molecule has 1 aromatic rings. The maximum atomic E-state index is 10.3. The molecule has 27 heavy (non-hydrogen) atoms. The summed E-state index contributed by atoms with van der Waals surface area (Å²) in [5.41, 5.74) is 1.46. The molecule has 6 heteroatoms. The quantitative estimate of drug-likeness (QED) is 0.773. The molecule has 2 heterocycles. The van der Waals surface area contributed by atoms with Crippen molar-refractivity contribution in [2.75, 3.05) is 66.1 Å². The lowest BCUT2D eigenvalue weighted by Gasteiger charge is -2.45. The molecule has 3 rings (SSSR count). The van der Waals surface area contributed by atoms with Crippen molar-refractivity contribution in [2.24, 2.45) is 0 Å². The molecule has 152 valence electrons. The number of rotatable bonds is 7. The summed E-state index contributed by atoms with van der Waals surface area (Å²) in [6, 6.07) is 8.27. The highest BCUT2D eigenvalue weighted by atomic mass is 16.5. The standard InChI is InChI=1S/C21H35N3O3/c1-21(2)17-24(8-7-22(21)3)14-18-5-4-6-20(13-18)27-16-19(25)15-23-9-11-26-12-10-23/h4-6,13,19,25H,7-12,14-17H2,1-3H3/t19-/m0/s1. The summed E-state index contributed by atoms with van der Waals surface area (Å²) in [6.07, 6.45) is -0.481. The van der Waals surface area contributed by atoms with Crippen LogP contribution in [-0.4, -0.2) is 97.6 Å². The van der Waals surface area contributed by atoms with Gasteiger partial charge in [-0.15, -0.1) is 0 Å². The van der Waals surface area contributed by atoms with Crippen LogP contribution in [-0.2, 0) is 11.3 Å². The fraction of sp³-hybridized carbons (Fsp3) is 0.714. The number of nitrogens with zero attached hydrogens (tertiary/aromatic N) is 3. The van der Waals surface area contributed by atoms with E-state index < -0.39 is 6.10 Å². The van der Waals surface area contributed by atoms with Crippen LogP contribution in [0.15, 0.2) is 24.3 Å². The smallest absolute Gasteiger partial charge is 0.119 e. The number of hydrogen-bond donors (Lipinski definition) is 1. The van der Waals surface area contributed by atoms with Crippen LogP contribution in [0.4, 0.5) is 0 Å². The number of morpholine rings is 1. The van der Waals surface area contributed by atoms with Crippen molar-refractivity contribution in [3.63, 3.8) is 0 Å². The van der Waals surface area contributed by atoms with Crippen LogP contribution in [0.2, 0.25) is 0 Å². The summed E-state index contributed by atoms with van der Waals surface area (Å²) < 4.78 is 11.2. The lowest BCUT2D eigenvalue weighted by molar-refractivity contribution is 0.00462. The fourth-order valence-electron chi connectivity index (χ4n) is 3.79. The molecule has 0 bridgehead atoms. The molecule has 2 aliphatic heterocycles. The number of likely N-dealkylation sites (N-methyl/N-ethyl adjacent to an activating group) is 1. The number of aliphatic hydroxyl groups is 1. The average Bonchev–Trinajstić information content (AvgIpc) is 2.64. The Morgan fingerprint density at radius 3 is 2.67 bits per heavy atom. The molecule has 0 unspecified atom stereocenters. The third kappa shape index (κ3) is 6.16. The predicted molar refractivity (Wildman–Crippen MR) is 107 cm³/mol. The van der Waals surface area contributed by atoms with Crippen molar-refractivity contribution in [1.82, 2.24) is 14.7 Å². The zero-order chi connectivity index (χ0) is 19.3. The van der Waals surface area contributed by atoms with Gasteiger partial charge in [-0.1, -0.05) is 12.1 Å². The minimum Gasteiger partial charge on any atom is -0.491 e. The van der Waals surface area contributed by atoms with Gasteiger partial charge in [0.05, 0.1) is 13.2 Å². The van der Waals surface area contributed by atoms with Gasteiger partial charge in [0.1, 0.15) is 18.5 Å². The van der Waals surface area contributed by atoms with Crippen LogP contribution in [0.5, 0.6) is 5.75 Å². The van der Waals surface area contributed by atoms with Crippen molar-refractivity contribution in [1.29, 1.82) is 0 Å². The number of ether oxygens (including phenoxy) is 2. The molecule has 1 atom stereocenters. The van der Waals surface area contributed by atoms with Gasteiger partial charge in [0, 0.05) is 51.4 Å². The molecular formula is C21H35N3O3. The minimum absolute atomic E-state index is 0.204. The van der Waals surface area contributed by atoms with E-state index in [0.29, 0.717) is 13.2 Å². The lowest BCUT2D eigenvalue weighted by Crippen LogP contribution is -2.57. The van der Waals surface area contributed by atoms with E-state index in [1.54, 1.807) is 0 Å². The zero-order valence-corrected chi connectivity index (χ0v) is 17.1. The van der Waals surface area contributed by atoms with Gasteiger partial charge in [-0.05, 0) is 38.6 Å². The molecule has 0 saturated carbocycles. The Bertz CT molecular complexity index is 590. The number of β-amino-alcohol motifs (C(OH)–C–C–N with tert-alkyl or cyclic N) is 1. The number of benzene rings is 1. The first-order valence-corrected chi connectivity index (χ1v) is 10.1. The van der Waals surface area contributed by atoms with Gasteiger partial charge in [0.2, 0.25) is 0 Å². The first-order valence-electron chi connectivity index (χ1n) is 10.1. The van der Waals surface area contributed by atoms with Crippen molar-refractivity contribution in [3.8, 4) is 5.75 Å². The van der Waals surface area contributed by atoms with Crippen LogP contribution in [0, 0.1) is 0 Å². The van der Waals surface area contributed by atoms with E-state index in [2.05, 4.69) is 47.7 Å². The van der Waals surface area contributed by atoms with E-state index in [1.165, 1.54) is 5.56 Å².